The SMILES string of the molecule is CC(C)[C@H](N)C(=O)N1CCC(c2nc(C3(CN[C@@H]4C(c5cccc([C@@H]6C[C@H]6NCC6(CCN)CC6)c5)[C@H]4c4ccccc4)CC3)no2)CC1. The molecule has 5 aliphatic rings. The molecular formula is C40H55N7O2. The number of carbonyl (C=O) groups is 1. The van der Waals surface area contributed by atoms with Crippen molar-refractivity contribution in [2.45, 2.75) is 112 Å². The van der Waals surface area contributed by atoms with Gasteiger partial charge >= 0.3 is 0 Å². The first-order valence-corrected chi connectivity index (χ1v) is 19.0. The van der Waals surface area contributed by atoms with Crippen LogP contribution < -0.4 is 22.1 Å². The van der Waals surface area contributed by atoms with Crippen LogP contribution in [0.2, 0.25) is 0 Å². The van der Waals surface area contributed by atoms with E-state index in [2.05, 4.69) is 70.4 Å². The minimum atomic E-state index is -0.440. The highest BCUT2D eigenvalue weighted by Crippen LogP contribution is 2.57. The first-order chi connectivity index (χ1) is 23.8. The van der Waals surface area contributed by atoms with Crippen molar-refractivity contribution >= 4 is 5.91 Å². The molecule has 4 saturated carbocycles. The number of carbonyl (C=O) groups excluding carboxylic acids is 1. The van der Waals surface area contributed by atoms with Crippen LogP contribution in [0.25, 0.3) is 0 Å². The molecule has 0 bridgehead atoms. The first kappa shape index (κ1) is 33.1. The maximum atomic E-state index is 12.8. The van der Waals surface area contributed by atoms with Gasteiger partial charge in [-0.2, -0.15) is 4.98 Å². The van der Waals surface area contributed by atoms with E-state index in [1.165, 1.54) is 36.0 Å². The van der Waals surface area contributed by atoms with Gasteiger partial charge in [0.2, 0.25) is 11.8 Å². The minimum absolute atomic E-state index is 0.0516. The lowest BCUT2D eigenvalue weighted by atomic mass is 9.95. The van der Waals surface area contributed by atoms with Crippen molar-refractivity contribution in [1.82, 2.24) is 25.7 Å². The van der Waals surface area contributed by atoms with Crippen LogP contribution >= 0.6 is 0 Å². The molecule has 6 N–H and O–H groups in total. The second kappa shape index (κ2) is 13.2. The van der Waals surface area contributed by atoms with E-state index in [0.717, 1.165) is 63.5 Å². The second-order valence-corrected chi connectivity index (χ2v) is 16.5. The molecule has 262 valence electrons. The lowest BCUT2D eigenvalue weighted by Gasteiger charge is -2.33. The van der Waals surface area contributed by atoms with E-state index in [1.54, 1.807) is 0 Å². The Morgan fingerprint density at radius 2 is 1.67 bits per heavy atom. The Bertz CT molecular complexity index is 1610. The fourth-order valence-electron chi connectivity index (χ4n) is 8.60. The highest BCUT2D eigenvalue weighted by Gasteiger charge is 2.55. The van der Waals surface area contributed by atoms with Gasteiger partial charge in [0.1, 0.15) is 0 Å². The van der Waals surface area contributed by atoms with E-state index in [0.29, 0.717) is 48.3 Å². The van der Waals surface area contributed by atoms with Crippen LogP contribution in [0, 0.1) is 11.3 Å². The van der Waals surface area contributed by atoms with Crippen LogP contribution in [0.4, 0.5) is 0 Å². The molecule has 4 aliphatic carbocycles. The summed E-state index contributed by atoms with van der Waals surface area (Å²) in [7, 11) is 0. The molecule has 9 heteroatoms. The summed E-state index contributed by atoms with van der Waals surface area (Å²) in [6.07, 6.45) is 8.84. The van der Waals surface area contributed by atoms with Gasteiger partial charge in [-0.3, -0.25) is 4.79 Å². The average Bonchev–Trinajstić information content (AvgIpc) is 3.98. The largest absolute Gasteiger partial charge is 0.341 e. The lowest BCUT2D eigenvalue weighted by Crippen LogP contribution is -2.49. The number of hydrogen-bond donors (Lipinski definition) is 4. The Morgan fingerprint density at radius 1 is 0.959 bits per heavy atom. The number of nitrogens with zero attached hydrogens (tertiary/aromatic N) is 3. The Balaban J connectivity index is 0.900. The van der Waals surface area contributed by atoms with Gasteiger partial charge < -0.3 is 31.5 Å². The maximum Gasteiger partial charge on any atom is 0.239 e. The highest BCUT2D eigenvalue weighted by atomic mass is 16.5. The van der Waals surface area contributed by atoms with Gasteiger partial charge in [0, 0.05) is 67.3 Å². The molecule has 1 amide bonds. The molecular weight excluding hydrogens is 610 g/mol. The van der Waals surface area contributed by atoms with E-state index in [1.807, 2.05) is 18.7 Å². The summed E-state index contributed by atoms with van der Waals surface area (Å²) in [6, 6.07) is 21.0. The van der Waals surface area contributed by atoms with Gasteiger partial charge in [-0.05, 0) is 85.9 Å². The molecule has 5 fully saturated rings. The summed E-state index contributed by atoms with van der Waals surface area (Å²) >= 11 is 0. The second-order valence-electron chi connectivity index (χ2n) is 16.5. The number of amides is 1. The van der Waals surface area contributed by atoms with Crippen LogP contribution in [-0.2, 0) is 10.2 Å². The molecule has 2 aromatic carbocycles. The molecule has 9 nitrogen and oxygen atoms in total. The van der Waals surface area contributed by atoms with Crippen LogP contribution in [0.15, 0.2) is 59.1 Å². The Hall–Kier alpha value is -3.11. The number of nitrogens with one attached hydrogen (secondary N) is 2. The van der Waals surface area contributed by atoms with Crippen molar-refractivity contribution in [2.24, 2.45) is 22.8 Å². The molecule has 0 radical (unpaired) electrons. The number of rotatable bonds is 15. The van der Waals surface area contributed by atoms with Crippen LogP contribution in [0.3, 0.4) is 0 Å². The third-order valence-electron chi connectivity index (χ3n) is 12.7. The molecule has 8 rings (SSSR count). The average molecular weight is 666 g/mol. The molecule has 6 atom stereocenters. The van der Waals surface area contributed by atoms with E-state index in [-0.39, 0.29) is 23.2 Å². The van der Waals surface area contributed by atoms with Crippen molar-refractivity contribution in [3.8, 4) is 0 Å². The zero-order chi connectivity index (χ0) is 33.8. The van der Waals surface area contributed by atoms with Crippen LogP contribution in [0.1, 0.15) is 117 Å². The number of benzene rings is 2. The Kier molecular flexibility index (Phi) is 8.92. The predicted octanol–water partition coefficient (Wildman–Crippen LogP) is 4.90. The number of piperidine rings is 1. The molecule has 1 saturated heterocycles. The molecule has 1 aliphatic heterocycles. The molecule has 2 heterocycles. The number of nitrogens with two attached hydrogens (primary N) is 2. The standard InChI is InChI=1S/C40H55N7O2/c1-25(2)34(42)37(48)47-19-11-27(12-20-47)36-45-38(46-49-36)40(15-16-40)24-44-35-32(26-7-4-3-5-8-26)33(35)29-10-6-9-28(21-29)30-22-31(30)43-23-39(13-14-39)17-18-41/h3-10,21,25,27,30-35,43-44H,11-20,22-24,41-42H2,1-2H3/t30-,31+,32+,33?,34-,35-/m0/s1. The van der Waals surface area contributed by atoms with Gasteiger partial charge in [-0.15, -0.1) is 0 Å². The van der Waals surface area contributed by atoms with E-state index in [4.69, 9.17) is 21.0 Å². The summed E-state index contributed by atoms with van der Waals surface area (Å²) < 4.78 is 5.89. The zero-order valence-electron chi connectivity index (χ0n) is 29.3. The van der Waals surface area contributed by atoms with Crippen molar-refractivity contribution in [2.75, 3.05) is 32.7 Å². The number of hydrogen-bond acceptors (Lipinski definition) is 8. The maximum absolute atomic E-state index is 12.8. The number of aromatic nitrogens is 2. The van der Waals surface area contributed by atoms with Crippen LogP contribution in [0.5, 0.6) is 0 Å². The Morgan fingerprint density at radius 3 is 2.37 bits per heavy atom. The topological polar surface area (TPSA) is 135 Å². The van der Waals surface area contributed by atoms with E-state index >= 15 is 0 Å². The molecule has 0 spiro atoms. The normalized spacial score (nSPS) is 28.8. The minimum Gasteiger partial charge on any atom is -0.341 e. The zero-order valence-corrected chi connectivity index (χ0v) is 29.3. The van der Waals surface area contributed by atoms with Gasteiger partial charge in [-0.1, -0.05) is 73.6 Å². The fraction of sp³-hybridized carbons (Fsp3) is 0.625. The Labute approximate surface area is 291 Å². The highest BCUT2D eigenvalue weighted by molar-refractivity contribution is 5.82. The summed E-state index contributed by atoms with van der Waals surface area (Å²) in [5.41, 5.74) is 16.8. The van der Waals surface area contributed by atoms with Gasteiger partial charge in [-0.25, -0.2) is 0 Å². The smallest absolute Gasteiger partial charge is 0.239 e. The van der Waals surface area contributed by atoms with Gasteiger partial charge in [0.25, 0.3) is 0 Å². The molecule has 1 unspecified atom stereocenters. The summed E-state index contributed by atoms with van der Waals surface area (Å²) in [5.74, 6) is 3.45. The summed E-state index contributed by atoms with van der Waals surface area (Å²) in [4.78, 5) is 19.7. The van der Waals surface area contributed by atoms with Crippen molar-refractivity contribution in [3.63, 3.8) is 0 Å². The fourth-order valence-corrected chi connectivity index (χ4v) is 8.60. The monoisotopic (exact) mass is 665 g/mol. The third kappa shape index (κ3) is 6.84. The van der Waals surface area contributed by atoms with Gasteiger partial charge in [0.15, 0.2) is 5.82 Å². The van der Waals surface area contributed by atoms with Gasteiger partial charge in [0.05, 0.1) is 6.04 Å². The quantitative estimate of drug-likeness (QED) is 0.180. The van der Waals surface area contributed by atoms with Crippen molar-refractivity contribution < 1.29 is 9.32 Å². The first-order valence-electron chi connectivity index (χ1n) is 19.0. The van der Waals surface area contributed by atoms with E-state index in [9.17, 15) is 4.79 Å². The van der Waals surface area contributed by atoms with E-state index < -0.39 is 6.04 Å². The third-order valence-corrected chi connectivity index (χ3v) is 12.7. The summed E-state index contributed by atoms with van der Waals surface area (Å²) in [5, 5.41) is 12.4. The predicted molar refractivity (Wildman–Crippen MR) is 191 cm³/mol. The molecule has 3 aromatic rings. The molecule has 49 heavy (non-hydrogen) atoms. The number of likely N-dealkylation sites (tertiary alicyclic amines) is 1. The summed E-state index contributed by atoms with van der Waals surface area (Å²) in [6.45, 7) is 8.14. The molecule has 1 aromatic heterocycles. The van der Waals surface area contributed by atoms with Crippen molar-refractivity contribution in [3.05, 3.63) is 83.0 Å². The lowest BCUT2D eigenvalue weighted by molar-refractivity contribution is -0.134. The van der Waals surface area contributed by atoms with Crippen LogP contribution in [-0.4, -0.2) is 71.8 Å². The van der Waals surface area contributed by atoms with Crippen molar-refractivity contribution in [1.29, 1.82) is 0 Å².